The Morgan fingerprint density at radius 3 is 2.50 bits per heavy atom. The van der Waals surface area contributed by atoms with Crippen molar-refractivity contribution in [2.45, 2.75) is 31.5 Å². The van der Waals surface area contributed by atoms with Gasteiger partial charge in [0.2, 0.25) is 5.91 Å². The molecule has 0 bridgehead atoms. The van der Waals surface area contributed by atoms with E-state index in [1.54, 1.807) is 0 Å². The predicted octanol–water partition coefficient (Wildman–Crippen LogP) is 3.04. The van der Waals surface area contributed by atoms with Gasteiger partial charge in [-0.05, 0) is 30.2 Å². The molecule has 2 N–H and O–H groups in total. The van der Waals surface area contributed by atoms with Crippen LogP contribution in [0, 0.1) is 5.82 Å². The van der Waals surface area contributed by atoms with E-state index >= 15 is 0 Å². The Kier molecular flexibility index (Phi) is 6.34. The lowest BCUT2D eigenvalue weighted by atomic mass is 10.1. The van der Waals surface area contributed by atoms with Gasteiger partial charge >= 0.3 is 12.1 Å². The van der Waals surface area contributed by atoms with Gasteiger partial charge in [-0.2, -0.15) is 13.2 Å². The molecule has 122 valence electrons. The molecule has 4 nitrogen and oxygen atoms in total. The number of carbonyl (C=O) groups excluding carboxylic acids is 1. The molecule has 0 radical (unpaired) electrons. The highest BCUT2D eigenvalue weighted by Gasteiger charge is 2.36. The van der Waals surface area contributed by atoms with Crippen LogP contribution >= 0.6 is 15.9 Å². The van der Waals surface area contributed by atoms with Gasteiger partial charge in [0.05, 0.1) is 6.42 Å². The van der Waals surface area contributed by atoms with Gasteiger partial charge in [0.1, 0.15) is 11.9 Å². The molecule has 0 fully saturated rings. The second kappa shape index (κ2) is 7.57. The van der Waals surface area contributed by atoms with Gasteiger partial charge < -0.3 is 10.4 Å². The maximum Gasteiger partial charge on any atom is 0.391 e. The molecule has 9 heteroatoms. The zero-order chi connectivity index (χ0) is 16.9. The lowest BCUT2D eigenvalue weighted by Gasteiger charge is -2.16. The number of carboxylic acids is 1. The molecular formula is C13H12BrF4NO3. The zero-order valence-corrected chi connectivity index (χ0v) is 12.7. The van der Waals surface area contributed by atoms with Gasteiger partial charge in [0, 0.05) is 10.9 Å². The van der Waals surface area contributed by atoms with Crippen molar-refractivity contribution in [3.05, 3.63) is 34.1 Å². The molecule has 1 aromatic rings. The van der Waals surface area contributed by atoms with E-state index in [-0.39, 0.29) is 12.8 Å². The van der Waals surface area contributed by atoms with Crippen LogP contribution in [0.3, 0.4) is 0 Å². The minimum atomic E-state index is -4.71. The third kappa shape index (κ3) is 6.42. The fourth-order valence-corrected chi connectivity index (χ4v) is 2.13. The highest BCUT2D eigenvalue weighted by Crippen LogP contribution is 2.22. The van der Waals surface area contributed by atoms with Crippen LogP contribution in [-0.2, 0) is 16.0 Å². The Labute approximate surface area is 131 Å². The van der Waals surface area contributed by atoms with Crippen LogP contribution in [0.15, 0.2) is 22.7 Å². The Bertz CT molecular complexity index is 563. The number of rotatable bonds is 6. The molecule has 0 saturated heterocycles. The van der Waals surface area contributed by atoms with E-state index in [0.29, 0.717) is 10.0 Å². The molecule has 0 aliphatic heterocycles. The minimum absolute atomic E-state index is 0.0581. The fraction of sp³-hybridized carbons (Fsp3) is 0.385. The standard InChI is InChI=1S/C13H12BrF4NO3/c14-9-3-2-8(15)5-7(9)1-4-11(20)19-10(12(21)22)6-13(16,17)18/h2-3,5,10H,1,4,6H2,(H,19,20)(H,21,22). The second-order valence-electron chi connectivity index (χ2n) is 4.51. The van der Waals surface area contributed by atoms with Crippen molar-refractivity contribution in [3.63, 3.8) is 0 Å². The first-order valence-electron chi connectivity index (χ1n) is 6.11. The molecule has 0 saturated carbocycles. The summed E-state index contributed by atoms with van der Waals surface area (Å²) in [5, 5.41) is 10.5. The maximum atomic E-state index is 13.0. The molecule has 1 atom stereocenters. The molecular weight excluding hydrogens is 374 g/mol. The van der Waals surface area contributed by atoms with E-state index in [1.165, 1.54) is 18.2 Å². The van der Waals surface area contributed by atoms with E-state index in [2.05, 4.69) is 15.9 Å². The van der Waals surface area contributed by atoms with Gasteiger partial charge in [-0.3, -0.25) is 4.79 Å². The van der Waals surface area contributed by atoms with Crippen molar-refractivity contribution in [1.82, 2.24) is 5.32 Å². The first kappa shape index (κ1) is 18.4. The summed E-state index contributed by atoms with van der Waals surface area (Å²) in [5.74, 6) is -3.13. The number of aliphatic carboxylic acids is 1. The number of carboxylic acid groups (broad SMARTS) is 1. The molecule has 1 aromatic carbocycles. The van der Waals surface area contributed by atoms with Crippen LogP contribution in [-0.4, -0.2) is 29.2 Å². The monoisotopic (exact) mass is 385 g/mol. The van der Waals surface area contributed by atoms with Crippen LogP contribution in [0.1, 0.15) is 18.4 Å². The molecule has 0 spiro atoms. The molecule has 1 rings (SSSR count). The van der Waals surface area contributed by atoms with E-state index in [1.807, 2.05) is 5.32 Å². The molecule has 0 heterocycles. The van der Waals surface area contributed by atoms with Crippen LogP contribution in [0.4, 0.5) is 17.6 Å². The lowest BCUT2D eigenvalue weighted by molar-refractivity contribution is -0.160. The summed E-state index contributed by atoms with van der Waals surface area (Å²) in [6, 6.07) is 1.79. The number of carbonyl (C=O) groups is 2. The molecule has 1 amide bonds. The van der Waals surface area contributed by atoms with Crippen molar-refractivity contribution in [2.24, 2.45) is 0 Å². The summed E-state index contributed by atoms with van der Waals surface area (Å²) in [6.07, 6.45) is -6.56. The van der Waals surface area contributed by atoms with E-state index < -0.39 is 36.3 Å². The van der Waals surface area contributed by atoms with Gasteiger partial charge in [-0.15, -0.1) is 0 Å². The van der Waals surface area contributed by atoms with Crippen LogP contribution in [0.25, 0.3) is 0 Å². The van der Waals surface area contributed by atoms with E-state index in [4.69, 9.17) is 5.11 Å². The number of hydrogen-bond donors (Lipinski definition) is 2. The Hall–Kier alpha value is -1.64. The van der Waals surface area contributed by atoms with Crippen molar-refractivity contribution < 1.29 is 32.3 Å². The number of benzene rings is 1. The maximum absolute atomic E-state index is 13.0. The zero-order valence-electron chi connectivity index (χ0n) is 11.1. The van der Waals surface area contributed by atoms with Crippen molar-refractivity contribution in [3.8, 4) is 0 Å². The number of hydrogen-bond acceptors (Lipinski definition) is 2. The summed E-state index contributed by atoms with van der Waals surface area (Å²) in [5.41, 5.74) is 0.456. The average Bonchev–Trinajstić information content (AvgIpc) is 2.37. The first-order valence-corrected chi connectivity index (χ1v) is 6.90. The summed E-state index contributed by atoms with van der Waals surface area (Å²) < 4.78 is 50.2. The molecule has 0 aliphatic carbocycles. The minimum Gasteiger partial charge on any atom is -0.480 e. The molecule has 0 aliphatic rings. The highest BCUT2D eigenvalue weighted by molar-refractivity contribution is 9.10. The molecule has 0 aromatic heterocycles. The topological polar surface area (TPSA) is 66.4 Å². The SMILES string of the molecule is O=C(CCc1cc(F)ccc1Br)NC(CC(F)(F)F)C(=O)O. The Balaban J connectivity index is 2.61. The normalized spacial score (nSPS) is 12.8. The summed E-state index contributed by atoms with van der Waals surface area (Å²) in [4.78, 5) is 22.3. The third-order valence-corrected chi connectivity index (χ3v) is 3.47. The van der Waals surface area contributed by atoms with Gasteiger partial charge in [0.25, 0.3) is 0 Å². The number of aryl methyl sites for hydroxylation is 1. The number of nitrogens with one attached hydrogen (secondary N) is 1. The largest absolute Gasteiger partial charge is 0.480 e. The predicted molar refractivity (Wildman–Crippen MR) is 72.7 cm³/mol. The average molecular weight is 386 g/mol. The molecule has 1 unspecified atom stereocenters. The fourth-order valence-electron chi connectivity index (χ4n) is 1.68. The Morgan fingerprint density at radius 1 is 1.32 bits per heavy atom. The summed E-state index contributed by atoms with van der Waals surface area (Å²) in [6.45, 7) is 0. The number of halogens is 5. The van der Waals surface area contributed by atoms with Crippen molar-refractivity contribution in [1.29, 1.82) is 0 Å². The highest BCUT2D eigenvalue weighted by atomic mass is 79.9. The van der Waals surface area contributed by atoms with Crippen molar-refractivity contribution >= 4 is 27.8 Å². The first-order chi connectivity index (χ1) is 10.1. The van der Waals surface area contributed by atoms with Crippen LogP contribution < -0.4 is 5.32 Å². The molecule has 22 heavy (non-hydrogen) atoms. The third-order valence-electron chi connectivity index (χ3n) is 2.70. The van der Waals surface area contributed by atoms with Gasteiger partial charge in [-0.25, -0.2) is 9.18 Å². The second-order valence-corrected chi connectivity index (χ2v) is 5.37. The van der Waals surface area contributed by atoms with Crippen molar-refractivity contribution in [2.75, 3.05) is 0 Å². The number of amides is 1. The van der Waals surface area contributed by atoms with Crippen LogP contribution in [0.5, 0.6) is 0 Å². The van der Waals surface area contributed by atoms with Crippen LogP contribution in [0.2, 0.25) is 0 Å². The number of alkyl halides is 3. The Morgan fingerprint density at radius 2 is 1.95 bits per heavy atom. The summed E-state index contributed by atoms with van der Waals surface area (Å²) in [7, 11) is 0. The van der Waals surface area contributed by atoms with Gasteiger partial charge in [0.15, 0.2) is 0 Å². The lowest BCUT2D eigenvalue weighted by Crippen LogP contribution is -2.43. The van der Waals surface area contributed by atoms with E-state index in [0.717, 1.165) is 0 Å². The smallest absolute Gasteiger partial charge is 0.391 e. The van der Waals surface area contributed by atoms with Gasteiger partial charge in [-0.1, -0.05) is 15.9 Å². The summed E-state index contributed by atoms with van der Waals surface area (Å²) >= 11 is 3.15. The van der Waals surface area contributed by atoms with E-state index in [9.17, 15) is 27.2 Å². The quantitative estimate of drug-likeness (QED) is 0.739.